The predicted molar refractivity (Wildman–Crippen MR) is 79.4 cm³/mol. The summed E-state index contributed by atoms with van der Waals surface area (Å²) in [6.07, 6.45) is 1.88. The third kappa shape index (κ3) is 3.48. The molecular weight excluding hydrogens is 283 g/mol. The number of nitrogens with one attached hydrogen (secondary N) is 1. The lowest BCUT2D eigenvalue weighted by Gasteiger charge is -2.15. The van der Waals surface area contributed by atoms with E-state index in [2.05, 4.69) is 15.1 Å². The Morgan fingerprint density at radius 3 is 2.84 bits per heavy atom. The maximum atomic E-state index is 6.22. The smallest absolute Gasteiger partial charge is 0.0980 e. The summed E-state index contributed by atoms with van der Waals surface area (Å²) in [5.41, 5.74) is 8.36. The van der Waals surface area contributed by atoms with Crippen molar-refractivity contribution < 1.29 is 0 Å². The minimum Gasteiger partial charge on any atom is -0.329 e. The van der Waals surface area contributed by atoms with E-state index in [4.69, 9.17) is 28.9 Å². The Bertz CT molecular complexity index is 553. The highest BCUT2D eigenvalue weighted by Crippen LogP contribution is 2.31. The van der Waals surface area contributed by atoms with Gasteiger partial charge in [0.25, 0.3) is 0 Å². The van der Waals surface area contributed by atoms with Gasteiger partial charge in [0.05, 0.1) is 10.7 Å². The molecule has 0 bridgehead atoms. The van der Waals surface area contributed by atoms with E-state index >= 15 is 0 Å². The van der Waals surface area contributed by atoms with E-state index in [0.717, 1.165) is 29.9 Å². The van der Waals surface area contributed by atoms with Crippen molar-refractivity contribution in [2.45, 2.75) is 6.54 Å². The topological polar surface area (TPSA) is 57.9 Å². The quantitative estimate of drug-likeness (QED) is 0.892. The van der Waals surface area contributed by atoms with E-state index in [-0.39, 0.29) is 0 Å². The average Bonchev–Trinajstić information content (AvgIpc) is 2.77. The second kappa shape index (κ2) is 6.39. The molecule has 0 aliphatic carbocycles. The monoisotopic (exact) mass is 298 g/mol. The number of nitrogens with two attached hydrogens (primary N) is 1. The molecule has 0 fully saturated rings. The molecular formula is C13H16Cl2N4. The van der Waals surface area contributed by atoms with Crippen LogP contribution in [0.4, 0.5) is 0 Å². The van der Waals surface area contributed by atoms with E-state index in [1.807, 2.05) is 25.4 Å². The number of rotatable bonds is 5. The Labute approximate surface area is 122 Å². The molecule has 6 heteroatoms. The third-order valence-electron chi connectivity index (χ3n) is 2.86. The molecule has 0 saturated carbocycles. The first-order valence-electron chi connectivity index (χ1n) is 5.98. The maximum absolute atomic E-state index is 6.22. The van der Waals surface area contributed by atoms with Crippen molar-refractivity contribution in [3.63, 3.8) is 0 Å². The minimum absolute atomic E-state index is 0.599. The molecule has 102 valence electrons. The van der Waals surface area contributed by atoms with E-state index < -0.39 is 0 Å². The van der Waals surface area contributed by atoms with Gasteiger partial charge >= 0.3 is 0 Å². The van der Waals surface area contributed by atoms with Gasteiger partial charge in [0.1, 0.15) is 0 Å². The zero-order valence-corrected chi connectivity index (χ0v) is 12.2. The molecule has 3 N–H and O–H groups in total. The van der Waals surface area contributed by atoms with Crippen molar-refractivity contribution in [1.82, 2.24) is 15.1 Å². The Kier molecular flexibility index (Phi) is 4.82. The molecule has 2 aromatic rings. The lowest BCUT2D eigenvalue weighted by Crippen LogP contribution is -2.25. The normalized spacial score (nSPS) is 11.2. The number of hydrogen-bond donors (Lipinski definition) is 2. The summed E-state index contributed by atoms with van der Waals surface area (Å²) in [6, 6.07) is 5.42. The Balaban J connectivity index is 2.28. The number of nitrogens with zero attached hydrogens (tertiary/aromatic N) is 2. The van der Waals surface area contributed by atoms with Crippen LogP contribution in [0.2, 0.25) is 10.0 Å². The Morgan fingerprint density at radius 1 is 1.37 bits per heavy atom. The fourth-order valence-electron chi connectivity index (χ4n) is 1.94. The van der Waals surface area contributed by atoms with Gasteiger partial charge in [-0.3, -0.25) is 5.10 Å². The number of hydrogen-bond acceptors (Lipinski definition) is 3. The highest BCUT2D eigenvalue weighted by Gasteiger charge is 2.13. The van der Waals surface area contributed by atoms with Crippen LogP contribution in [0.3, 0.4) is 0 Å². The lowest BCUT2D eigenvalue weighted by atomic mass is 10.1. The largest absolute Gasteiger partial charge is 0.329 e. The first kappa shape index (κ1) is 14.3. The van der Waals surface area contributed by atoms with Crippen LogP contribution in [0.25, 0.3) is 11.3 Å². The van der Waals surface area contributed by atoms with Crippen molar-refractivity contribution >= 4 is 23.2 Å². The van der Waals surface area contributed by atoms with Gasteiger partial charge in [0.15, 0.2) is 0 Å². The fraction of sp³-hybridized carbons (Fsp3) is 0.308. The summed E-state index contributed by atoms with van der Waals surface area (Å²) in [4.78, 5) is 2.14. The summed E-state index contributed by atoms with van der Waals surface area (Å²) in [5, 5.41) is 8.38. The van der Waals surface area contributed by atoms with Gasteiger partial charge in [-0.15, -0.1) is 0 Å². The number of H-pyrrole nitrogens is 1. The van der Waals surface area contributed by atoms with Gasteiger partial charge in [-0.2, -0.15) is 5.10 Å². The summed E-state index contributed by atoms with van der Waals surface area (Å²) >= 11 is 12.1. The standard InChI is InChI=1S/C13H16Cl2N4/c1-19(5-4-16)8-9-7-17-18-13(9)11-3-2-10(14)6-12(11)15/h2-3,6-7H,4-5,8,16H2,1H3,(H,17,18). The molecule has 0 radical (unpaired) electrons. The van der Waals surface area contributed by atoms with Crippen LogP contribution in [0.5, 0.6) is 0 Å². The Morgan fingerprint density at radius 2 is 2.16 bits per heavy atom. The number of aromatic amines is 1. The zero-order chi connectivity index (χ0) is 13.8. The van der Waals surface area contributed by atoms with Crippen molar-refractivity contribution in [3.05, 3.63) is 40.0 Å². The second-order valence-corrected chi connectivity index (χ2v) is 5.25. The fourth-order valence-corrected chi connectivity index (χ4v) is 2.44. The summed E-state index contributed by atoms with van der Waals surface area (Å²) < 4.78 is 0. The van der Waals surface area contributed by atoms with E-state index in [9.17, 15) is 0 Å². The number of halogens is 2. The maximum Gasteiger partial charge on any atom is 0.0980 e. The van der Waals surface area contributed by atoms with Gasteiger partial charge < -0.3 is 10.6 Å². The molecule has 19 heavy (non-hydrogen) atoms. The first-order valence-corrected chi connectivity index (χ1v) is 6.74. The Hall–Kier alpha value is -1.07. The average molecular weight is 299 g/mol. The molecule has 1 heterocycles. The molecule has 0 aliphatic heterocycles. The predicted octanol–water partition coefficient (Wildman–Crippen LogP) is 2.77. The third-order valence-corrected chi connectivity index (χ3v) is 3.40. The van der Waals surface area contributed by atoms with Crippen LogP contribution in [0.1, 0.15) is 5.56 Å². The van der Waals surface area contributed by atoms with Crippen LogP contribution in [-0.4, -0.2) is 35.2 Å². The summed E-state index contributed by atoms with van der Waals surface area (Å²) in [7, 11) is 2.02. The molecule has 4 nitrogen and oxygen atoms in total. The zero-order valence-electron chi connectivity index (χ0n) is 10.7. The van der Waals surface area contributed by atoms with E-state index in [1.165, 1.54) is 0 Å². The van der Waals surface area contributed by atoms with Crippen molar-refractivity contribution in [3.8, 4) is 11.3 Å². The van der Waals surface area contributed by atoms with Crippen LogP contribution in [0, 0.1) is 0 Å². The van der Waals surface area contributed by atoms with Gasteiger partial charge in [0.2, 0.25) is 0 Å². The van der Waals surface area contributed by atoms with Gasteiger partial charge in [-0.05, 0) is 25.2 Å². The molecule has 0 atom stereocenters. The van der Waals surface area contributed by atoms with Crippen LogP contribution in [0.15, 0.2) is 24.4 Å². The van der Waals surface area contributed by atoms with Crippen molar-refractivity contribution in [2.24, 2.45) is 5.73 Å². The number of aromatic nitrogens is 2. The highest BCUT2D eigenvalue weighted by molar-refractivity contribution is 6.36. The van der Waals surface area contributed by atoms with Crippen molar-refractivity contribution in [2.75, 3.05) is 20.1 Å². The molecule has 1 aromatic heterocycles. The molecule has 0 unspecified atom stereocenters. The second-order valence-electron chi connectivity index (χ2n) is 4.41. The SMILES string of the molecule is CN(CCN)Cc1c[nH]nc1-c1ccc(Cl)cc1Cl. The molecule has 0 amide bonds. The minimum atomic E-state index is 0.599. The first-order chi connectivity index (χ1) is 9.11. The molecule has 1 aromatic carbocycles. The molecule has 0 spiro atoms. The summed E-state index contributed by atoms with van der Waals surface area (Å²) in [5.74, 6) is 0. The number of benzene rings is 1. The van der Waals surface area contributed by atoms with E-state index in [0.29, 0.717) is 16.6 Å². The lowest BCUT2D eigenvalue weighted by molar-refractivity contribution is 0.337. The van der Waals surface area contributed by atoms with Gasteiger partial charge in [0, 0.05) is 42.0 Å². The summed E-state index contributed by atoms with van der Waals surface area (Å²) in [6.45, 7) is 2.23. The van der Waals surface area contributed by atoms with Crippen LogP contribution >= 0.6 is 23.2 Å². The van der Waals surface area contributed by atoms with E-state index in [1.54, 1.807) is 6.07 Å². The van der Waals surface area contributed by atoms with Gasteiger partial charge in [-0.25, -0.2) is 0 Å². The molecule has 2 rings (SSSR count). The number of likely N-dealkylation sites (N-methyl/N-ethyl adjacent to an activating group) is 1. The molecule has 0 aliphatic rings. The van der Waals surface area contributed by atoms with Gasteiger partial charge in [-0.1, -0.05) is 23.2 Å². The van der Waals surface area contributed by atoms with Crippen LogP contribution < -0.4 is 5.73 Å². The van der Waals surface area contributed by atoms with Crippen LogP contribution in [-0.2, 0) is 6.54 Å². The van der Waals surface area contributed by atoms with Crippen molar-refractivity contribution in [1.29, 1.82) is 0 Å². The highest BCUT2D eigenvalue weighted by atomic mass is 35.5. The molecule has 0 saturated heterocycles.